The van der Waals surface area contributed by atoms with Gasteiger partial charge in [0.1, 0.15) is 0 Å². The van der Waals surface area contributed by atoms with Crippen LogP contribution in [0, 0.1) is 11.3 Å². The number of nitrogens with one attached hydrogen (secondary N) is 1. The summed E-state index contributed by atoms with van der Waals surface area (Å²) < 4.78 is 5.32. The number of nitrogens with zero attached hydrogens (tertiary/aromatic N) is 1. The Labute approximate surface area is 102 Å². The van der Waals surface area contributed by atoms with Gasteiger partial charge in [-0.3, -0.25) is 4.79 Å². The zero-order chi connectivity index (χ0) is 12.0. The fraction of sp³-hybridized carbons (Fsp3) is 0.273. The first-order valence-corrected chi connectivity index (χ1v) is 5.47. The van der Waals surface area contributed by atoms with Crippen molar-refractivity contribution in [2.24, 2.45) is 0 Å². The van der Waals surface area contributed by atoms with Crippen LogP contribution in [-0.2, 0) is 9.53 Å². The van der Waals surface area contributed by atoms with Gasteiger partial charge in [-0.1, -0.05) is 0 Å². The molecule has 0 fully saturated rings. The Bertz CT molecular complexity index is 426. The molecule has 0 bridgehead atoms. The van der Waals surface area contributed by atoms with Gasteiger partial charge in [0.2, 0.25) is 0 Å². The Morgan fingerprint density at radius 2 is 2.38 bits per heavy atom. The van der Waals surface area contributed by atoms with Gasteiger partial charge in [0.15, 0.2) is 0 Å². The van der Waals surface area contributed by atoms with Gasteiger partial charge in [-0.25, -0.2) is 0 Å². The lowest BCUT2D eigenvalue weighted by Gasteiger charge is -2.07. The molecule has 0 radical (unpaired) electrons. The molecule has 0 aromatic heterocycles. The minimum Gasteiger partial charge on any atom is -0.469 e. The molecule has 0 saturated carbocycles. The van der Waals surface area contributed by atoms with Crippen LogP contribution in [-0.4, -0.2) is 19.6 Å². The predicted octanol–water partition coefficient (Wildman–Crippen LogP) is 2.30. The first-order chi connectivity index (χ1) is 7.67. The van der Waals surface area contributed by atoms with E-state index >= 15 is 0 Å². The van der Waals surface area contributed by atoms with Gasteiger partial charge in [0, 0.05) is 16.7 Å². The van der Waals surface area contributed by atoms with E-state index in [1.165, 1.54) is 7.11 Å². The number of benzene rings is 1. The minimum atomic E-state index is -0.253. The molecule has 5 heteroatoms. The van der Waals surface area contributed by atoms with E-state index in [1.54, 1.807) is 18.2 Å². The second-order valence-electron chi connectivity index (χ2n) is 3.06. The summed E-state index contributed by atoms with van der Waals surface area (Å²) in [5, 5.41) is 11.8. The summed E-state index contributed by atoms with van der Waals surface area (Å²) in [6, 6.07) is 7.27. The number of hydrogen-bond donors (Lipinski definition) is 1. The Morgan fingerprint density at radius 3 is 2.94 bits per heavy atom. The average Bonchev–Trinajstić information content (AvgIpc) is 2.30. The maximum absolute atomic E-state index is 10.9. The second kappa shape index (κ2) is 6.13. The molecule has 0 heterocycles. The summed E-state index contributed by atoms with van der Waals surface area (Å²) in [6.45, 7) is 0.497. The van der Waals surface area contributed by atoms with E-state index < -0.39 is 0 Å². The normalized spacial score (nSPS) is 9.31. The highest BCUT2D eigenvalue weighted by Crippen LogP contribution is 2.23. The van der Waals surface area contributed by atoms with Gasteiger partial charge < -0.3 is 10.1 Å². The number of carbonyl (C=O) groups excluding carboxylic acids is 1. The number of esters is 1. The van der Waals surface area contributed by atoms with Crippen molar-refractivity contribution in [3.05, 3.63) is 28.2 Å². The highest BCUT2D eigenvalue weighted by Gasteiger charge is 2.03. The molecule has 0 saturated heterocycles. The largest absolute Gasteiger partial charge is 0.469 e. The zero-order valence-corrected chi connectivity index (χ0v) is 10.4. The van der Waals surface area contributed by atoms with Crippen LogP contribution in [0.1, 0.15) is 12.0 Å². The summed E-state index contributed by atoms with van der Waals surface area (Å²) in [5.74, 6) is -0.253. The molecule has 84 valence electrons. The summed E-state index contributed by atoms with van der Waals surface area (Å²) in [5.41, 5.74) is 1.44. The quantitative estimate of drug-likeness (QED) is 0.861. The molecule has 1 N–H and O–H groups in total. The van der Waals surface area contributed by atoms with Gasteiger partial charge in [0.05, 0.1) is 25.2 Å². The first kappa shape index (κ1) is 12.5. The number of rotatable bonds is 4. The van der Waals surface area contributed by atoms with Crippen molar-refractivity contribution in [3.63, 3.8) is 0 Å². The van der Waals surface area contributed by atoms with Crippen LogP contribution < -0.4 is 5.32 Å². The first-order valence-electron chi connectivity index (χ1n) is 4.67. The second-order valence-corrected chi connectivity index (χ2v) is 3.91. The molecule has 0 aliphatic heterocycles. The van der Waals surface area contributed by atoms with Crippen molar-refractivity contribution in [1.82, 2.24) is 0 Å². The van der Waals surface area contributed by atoms with Crippen LogP contribution in [0.4, 0.5) is 5.69 Å². The van der Waals surface area contributed by atoms with Crippen molar-refractivity contribution in [3.8, 4) is 6.07 Å². The lowest BCUT2D eigenvalue weighted by Crippen LogP contribution is -2.09. The topological polar surface area (TPSA) is 62.1 Å². The Kier molecular flexibility index (Phi) is 4.80. The highest BCUT2D eigenvalue weighted by molar-refractivity contribution is 9.10. The molecule has 0 aliphatic rings. The van der Waals surface area contributed by atoms with Crippen LogP contribution in [0.5, 0.6) is 0 Å². The van der Waals surface area contributed by atoms with E-state index in [0.29, 0.717) is 18.5 Å². The molecule has 0 spiro atoms. The van der Waals surface area contributed by atoms with Crippen molar-refractivity contribution in [1.29, 1.82) is 5.26 Å². The number of anilines is 1. The summed E-state index contributed by atoms with van der Waals surface area (Å²) >= 11 is 3.34. The Hall–Kier alpha value is -1.54. The molecule has 1 rings (SSSR count). The molecule has 16 heavy (non-hydrogen) atoms. The van der Waals surface area contributed by atoms with Crippen molar-refractivity contribution in [2.75, 3.05) is 19.0 Å². The van der Waals surface area contributed by atoms with E-state index in [4.69, 9.17) is 5.26 Å². The molecule has 1 aromatic rings. The molecular weight excluding hydrogens is 272 g/mol. The van der Waals surface area contributed by atoms with Gasteiger partial charge in [-0.05, 0) is 34.1 Å². The molecule has 1 aromatic carbocycles. The highest BCUT2D eigenvalue weighted by atomic mass is 79.9. The molecule has 0 aliphatic carbocycles. The third-order valence-corrected chi connectivity index (χ3v) is 2.63. The number of halogens is 1. The SMILES string of the molecule is COC(=O)CCNc1ccc(C#N)cc1Br. The fourth-order valence-electron chi connectivity index (χ4n) is 1.13. The van der Waals surface area contributed by atoms with E-state index in [0.717, 1.165) is 10.2 Å². The fourth-order valence-corrected chi connectivity index (χ4v) is 1.65. The number of carbonyl (C=O) groups is 1. The average molecular weight is 283 g/mol. The van der Waals surface area contributed by atoms with Crippen LogP contribution in [0.25, 0.3) is 0 Å². The van der Waals surface area contributed by atoms with E-state index in [9.17, 15) is 4.79 Å². The number of nitriles is 1. The summed E-state index contributed by atoms with van der Waals surface area (Å²) in [4.78, 5) is 10.9. The maximum Gasteiger partial charge on any atom is 0.307 e. The molecule has 4 nitrogen and oxygen atoms in total. The zero-order valence-electron chi connectivity index (χ0n) is 8.79. The van der Waals surface area contributed by atoms with E-state index in [1.807, 2.05) is 6.07 Å². The lowest BCUT2D eigenvalue weighted by atomic mass is 10.2. The third-order valence-electron chi connectivity index (χ3n) is 1.97. The van der Waals surface area contributed by atoms with Crippen LogP contribution in [0.15, 0.2) is 22.7 Å². The van der Waals surface area contributed by atoms with Gasteiger partial charge in [-0.2, -0.15) is 5.26 Å². The van der Waals surface area contributed by atoms with Gasteiger partial charge in [-0.15, -0.1) is 0 Å². The van der Waals surface area contributed by atoms with Gasteiger partial charge >= 0.3 is 5.97 Å². The van der Waals surface area contributed by atoms with Crippen molar-refractivity contribution in [2.45, 2.75) is 6.42 Å². The summed E-state index contributed by atoms with van der Waals surface area (Å²) in [6.07, 6.45) is 0.308. The third kappa shape index (κ3) is 3.55. The lowest BCUT2D eigenvalue weighted by molar-refractivity contribution is -0.140. The Morgan fingerprint density at radius 1 is 1.62 bits per heavy atom. The monoisotopic (exact) mass is 282 g/mol. The van der Waals surface area contributed by atoms with Gasteiger partial charge in [0.25, 0.3) is 0 Å². The van der Waals surface area contributed by atoms with Crippen LogP contribution >= 0.6 is 15.9 Å². The van der Waals surface area contributed by atoms with Crippen LogP contribution in [0.2, 0.25) is 0 Å². The number of ether oxygens (including phenoxy) is 1. The van der Waals surface area contributed by atoms with Crippen molar-refractivity contribution < 1.29 is 9.53 Å². The molecule has 0 unspecified atom stereocenters. The van der Waals surface area contributed by atoms with E-state index in [2.05, 4.69) is 26.0 Å². The smallest absolute Gasteiger partial charge is 0.307 e. The van der Waals surface area contributed by atoms with Crippen molar-refractivity contribution >= 4 is 27.6 Å². The predicted molar refractivity (Wildman–Crippen MR) is 64.0 cm³/mol. The minimum absolute atomic E-state index is 0.253. The Balaban J connectivity index is 2.55. The van der Waals surface area contributed by atoms with E-state index in [-0.39, 0.29) is 5.97 Å². The van der Waals surface area contributed by atoms with Crippen LogP contribution in [0.3, 0.4) is 0 Å². The molecule has 0 atom stereocenters. The summed E-state index contributed by atoms with van der Waals surface area (Å²) in [7, 11) is 1.36. The number of methoxy groups -OCH3 is 1. The molecule has 0 amide bonds. The molecular formula is C11H11BrN2O2. The number of hydrogen-bond acceptors (Lipinski definition) is 4. The standard InChI is InChI=1S/C11H11BrN2O2/c1-16-11(15)4-5-14-10-3-2-8(7-13)6-9(10)12/h2-3,6,14H,4-5H2,1H3. The maximum atomic E-state index is 10.9.